The number of pyridine rings is 1. The van der Waals surface area contributed by atoms with Crippen molar-refractivity contribution in [2.75, 3.05) is 18.0 Å². The molecule has 3 aromatic rings. The predicted molar refractivity (Wildman–Crippen MR) is 108 cm³/mol. The van der Waals surface area contributed by atoms with Crippen LogP contribution < -0.4 is 10.2 Å². The Labute approximate surface area is 167 Å². The molecule has 1 fully saturated rings. The SMILES string of the molecule is O=C(CCCc1nc(-c2cccs2)no1)NCc1ccnc(N2CCCC2)c1. The van der Waals surface area contributed by atoms with E-state index in [1.54, 1.807) is 11.3 Å². The summed E-state index contributed by atoms with van der Waals surface area (Å²) < 4.78 is 5.26. The molecule has 1 amide bonds. The van der Waals surface area contributed by atoms with Gasteiger partial charge in [0, 0.05) is 38.7 Å². The number of hydrogen-bond donors (Lipinski definition) is 1. The Morgan fingerprint density at radius 3 is 3.00 bits per heavy atom. The van der Waals surface area contributed by atoms with Crippen LogP contribution in [0.1, 0.15) is 37.1 Å². The van der Waals surface area contributed by atoms with Crippen LogP contribution in [0.15, 0.2) is 40.4 Å². The average Bonchev–Trinajstić information content (AvgIpc) is 3.49. The van der Waals surface area contributed by atoms with Gasteiger partial charge in [0.25, 0.3) is 0 Å². The predicted octanol–water partition coefficient (Wildman–Crippen LogP) is 3.43. The second-order valence-corrected chi connectivity index (χ2v) is 7.78. The highest BCUT2D eigenvalue weighted by atomic mass is 32.1. The molecule has 4 rings (SSSR count). The van der Waals surface area contributed by atoms with E-state index in [9.17, 15) is 4.79 Å². The molecule has 0 aromatic carbocycles. The standard InChI is InChI=1S/C20H23N5O2S/c26-18(6-3-7-19-23-20(24-27-19)16-5-4-12-28-16)22-14-15-8-9-21-17(13-15)25-10-1-2-11-25/h4-5,8-9,12-13H,1-3,6-7,10-11,14H2,(H,22,26). The Kier molecular flexibility index (Phi) is 5.96. The van der Waals surface area contributed by atoms with Crippen molar-refractivity contribution < 1.29 is 9.32 Å². The third-order valence-corrected chi connectivity index (χ3v) is 5.60. The van der Waals surface area contributed by atoms with Crippen LogP contribution in [-0.4, -0.2) is 34.1 Å². The molecule has 0 bridgehead atoms. The van der Waals surface area contributed by atoms with E-state index in [0.29, 0.717) is 37.5 Å². The van der Waals surface area contributed by atoms with Gasteiger partial charge in [-0.25, -0.2) is 4.98 Å². The highest BCUT2D eigenvalue weighted by Gasteiger charge is 2.14. The number of rotatable bonds is 8. The van der Waals surface area contributed by atoms with Gasteiger partial charge in [-0.1, -0.05) is 11.2 Å². The Morgan fingerprint density at radius 1 is 1.29 bits per heavy atom. The number of carbonyl (C=O) groups is 1. The zero-order valence-electron chi connectivity index (χ0n) is 15.6. The number of hydrogen-bond acceptors (Lipinski definition) is 7. The Balaban J connectivity index is 1.20. The maximum atomic E-state index is 12.1. The van der Waals surface area contributed by atoms with E-state index in [1.807, 2.05) is 29.8 Å². The van der Waals surface area contributed by atoms with Crippen molar-refractivity contribution in [1.82, 2.24) is 20.4 Å². The largest absolute Gasteiger partial charge is 0.357 e. The first kappa shape index (κ1) is 18.6. The molecule has 146 valence electrons. The van der Waals surface area contributed by atoms with Gasteiger partial charge in [0.05, 0.1) is 4.88 Å². The van der Waals surface area contributed by atoms with Crippen LogP contribution in [0.5, 0.6) is 0 Å². The van der Waals surface area contributed by atoms with Crippen LogP contribution in [-0.2, 0) is 17.8 Å². The maximum absolute atomic E-state index is 12.1. The summed E-state index contributed by atoms with van der Waals surface area (Å²) in [5, 5.41) is 8.95. The molecule has 0 atom stereocenters. The lowest BCUT2D eigenvalue weighted by atomic mass is 10.2. The average molecular weight is 398 g/mol. The molecule has 0 aliphatic carbocycles. The minimum atomic E-state index is 0.0255. The molecular weight excluding hydrogens is 374 g/mol. The van der Waals surface area contributed by atoms with Gasteiger partial charge in [0.2, 0.25) is 17.6 Å². The molecule has 0 spiro atoms. The summed E-state index contributed by atoms with van der Waals surface area (Å²) >= 11 is 1.57. The number of nitrogens with one attached hydrogen (secondary N) is 1. The summed E-state index contributed by atoms with van der Waals surface area (Å²) in [6.45, 7) is 2.64. The van der Waals surface area contributed by atoms with Crippen LogP contribution >= 0.6 is 11.3 Å². The lowest BCUT2D eigenvalue weighted by Gasteiger charge is -2.17. The van der Waals surface area contributed by atoms with Crippen molar-refractivity contribution in [2.45, 2.75) is 38.6 Å². The molecule has 0 unspecified atom stereocenters. The van der Waals surface area contributed by atoms with Crippen molar-refractivity contribution >= 4 is 23.1 Å². The molecule has 3 aromatic heterocycles. The highest BCUT2D eigenvalue weighted by Crippen LogP contribution is 2.21. The van der Waals surface area contributed by atoms with E-state index in [0.717, 1.165) is 29.3 Å². The van der Waals surface area contributed by atoms with Crippen molar-refractivity contribution in [3.05, 3.63) is 47.3 Å². The number of carbonyl (C=O) groups excluding carboxylic acids is 1. The van der Waals surface area contributed by atoms with E-state index < -0.39 is 0 Å². The lowest BCUT2D eigenvalue weighted by molar-refractivity contribution is -0.121. The smallest absolute Gasteiger partial charge is 0.226 e. The topological polar surface area (TPSA) is 84.1 Å². The summed E-state index contributed by atoms with van der Waals surface area (Å²) in [4.78, 5) is 24.2. The minimum Gasteiger partial charge on any atom is -0.357 e. The van der Waals surface area contributed by atoms with Gasteiger partial charge in [-0.2, -0.15) is 4.98 Å². The molecule has 7 nitrogen and oxygen atoms in total. The first-order valence-electron chi connectivity index (χ1n) is 9.61. The molecule has 1 N–H and O–H groups in total. The summed E-state index contributed by atoms with van der Waals surface area (Å²) in [6, 6.07) is 7.93. The van der Waals surface area contributed by atoms with Gasteiger partial charge in [0.15, 0.2) is 0 Å². The van der Waals surface area contributed by atoms with E-state index in [-0.39, 0.29) is 5.91 Å². The molecule has 28 heavy (non-hydrogen) atoms. The third kappa shape index (κ3) is 4.75. The fourth-order valence-electron chi connectivity index (χ4n) is 3.24. The summed E-state index contributed by atoms with van der Waals surface area (Å²) in [5.74, 6) is 2.21. The van der Waals surface area contributed by atoms with Crippen molar-refractivity contribution in [3.63, 3.8) is 0 Å². The zero-order valence-corrected chi connectivity index (χ0v) is 16.5. The number of amides is 1. The normalized spacial score (nSPS) is 13.8. The first-order chi connectivity index (χ1) is 13.8. The number of thiophene rings is 1. The molecule has 0 saturated carbocycles. The van der Waals surface area contributed by atoms with Crippen molar-refractivity contribution in [1.29, 1.82) is 0 Å². The van der Waals surface area contributed by atoms with Gasteiger partial charge in [-0.3, -0.25) is 4.79 Å². The zero-order chi connectivity index (χ0) is 19.2. The Hall–Kier alpha value is -2.74. The quantitative estimate of drug-likeness (QED) is 0.627. The number of anilines is 1. The van der Waals surface area contributed by atoms with Crippen LogP contribution in [0.25, 0.3) is 10.7 Å². The van der Waals surface area contributed by atoms with E-state index in [4.69, 9.17) is 4.52 Å². The summed E-state index contributed by atoms with van der Waals surface area (Å²) in [7, 11) is 0. The van der Waals surface area contributed by atoms with Gasteiger partial charge >= 0.3 is 0 Å². The molecule has 1 saturated heterocycles. The first-order valence-corrected chi connectivity index (χ1v) is 10.5. The van der Waals surface area contributed by atoms with Crippen molar-refractivity contribution in [3.8, 4) is 10.7 Å². The molecule has 1 aliphatic heterocycles. The Bertz CT molecular complexity index is 903. The second-order valence-electron chi connectivity index (χ2n) is 6.84. The number of nitrogens with zero attached hydrogens (tertiary/aromatic N) is 4. The number of aromatic nitrogens is 3. The van der Waals surface area contributed by atoms with E-state index in [1.165, 1.54) is 12.8 Å². The van der Waals surface area contributed by atoms with E-state index in [2.05, 4.69) is 31.4 Å². The van der Waals surface area contributed by atoms with Gasteiger partial charge < -0.3 is 14.7 Å². The molecule has 8 heteroatoms. The second kappa shape index (κ2) is 8.97. The van der Waals surface area contributed by atoms with Gasteiger partial charge in [0.1, 0.15) is 5.82 Å². The van der Waals surface area contributed by atoms with Gasteiger partial charge in [-0.15, -0.1) is 11.3 Å². The molecule has 4 heterocycles. The number of aryl methyl sites for hydroxylation is 1. The van der Waals surface area contributed by atoms with E-state index >= 15 is 0 Å². The molecule has 1 aliphatic rings. The maximum Gasteiger partial charge on any atom is 0.226 e. The fraction of sp³-hybridized carbons (Fsp3) is 0.400. The van der Waals surface area contributed by atoms with Crippen LogP contribution in [0, 0.1) is 0 Å². The molecular formula is C20H23N5O2S. The summed E-state index contributed by atoms with van der Waals surface area (Å²) in [5.41, 5.74) is 1.07. The third-order valence-electron chi connectivity index (χ3n) is 4.73. The van der Waals surface area contributed by atoms with Crippen LogP contribution in [0.4, 0.5) is 5.82 Å². The summed E-state index contributed by atoms with van der Waals surface area (Å²) in [6.07, 6.45) is 5.96. The van der Waals surface area contributed by atoms with Crippen molar-refractivity contribution in [2.24, 2.45) is 0 Å². The minimum absolute atomic E-state index is 0.0255. The van der Waals surface area contributed by atoms with Gasteiger partial charge in [-0.05, 0) is 48.4 Å². The highest BCUT2D eigenvalue weighted by molar-refractivity contribution is 7.13. The monoisotopic (exact) mass is 397 g/mol. The van der Waals surface area contributed by atoms with Crippen LogP contribution in [0.3, 0.4) is 0 Å². The lowest BCUT2D eigenvalue weighted by Crippen LogP contribution is -2.23. The van der Waals surface area contributed by atoms with Crippen LogP contribution in [0.2, 0.25) is 0 Å². The Morgan fingerprint density at radius 2 is 2.18 bits per heavy atom. The fourth-order valence-corrected chi connectivity index (χ4v) is 3.89. The molecule has 0 radical (unpaired) electrons.